The number of hydrogen-bond acceptors (Lipinski definition) is 4. The van der Waals surface area contributed by atoms with E-state index in [9.17, 15) is 13.2 Å². The summed E-state index contributed by atoms with van der Waals surface area (Å²) >= 11 is 1.13. The van der Waals surface area contributed by atoms with Gasteiger partial charge in [-0.05, 0) is 6.07 Å². The van der Waals surface area contributed by atoms with Crippen LogP contribution in [-0.4, -0.2) is 16.2 Å². The molecule has 3 nitrogen and oxygen atoms in total. The summed E-state index contributed by atoms with van der Waals surface area (Å²) in [5.41, 5.74) is -0.945. The normalized spacial score (nSPS) is 11.4. The van der Waals surface area contributed by atoms with E-state index in [1.807, 2.05) is 0 Å². The predicted molar refractivity (Wildman–Crippen MR) is 44.2 cm³/mol. The molecule has 13 heavy (non-hydrogen) atoms. The lowest BCUT2D eigenvalue weighted by atomic mass is 10.4. The van der Waals surface area contributed by atoms with Crippen LogP contribution in [0.1, 0.15) is 5.69 Å². The Morgan fingerprint density at radius 3 is 2.69 bits per heavy atom. The Balaban J connectivity index is 2.92. The van der Waals surface area contributed by atoms with Gasteiger partial charge < -0.3 is 0 Å². The topological polar surface area (TPSA) is 37.8 Å². The van der Waals surface area contributed by atoms with Crippen LogP contribution in [0.25, 0.3) is 0 Å². The van der Waals surface area contributed by atoms with Gasteiger partial charge in [-0.25, -0.2) is 9.97 Å². The Hall–Kier alpha value is -0.980. The van der Waals surface area contributed by atoms with Crippen molar-refractivity contribution in [2.75, 3.05) is 11.0 Å². The second-order valence-electron chi connectivity index (χ2n) is 2.07. The summed E-state index contributed by atoms with van der Waals surface area (Å²) in [5, 5.41) is 0. The van der Waals surface area contributed by atoms with Crippen LogP contribution in [-0.2, 0) is 6.18 Å². The van der Waals surface area contributed by atoms with Crippen LogP contribution >= 0.6 is 11.9 Å². The number of aromatic nitrogens is 2. The summed E-state index contributed by atoms with van der Waals surface area (Å²) in [7, 11) is 0. The Morgan fingerprint density at radius 2 is 2.15 bits per heavy atom. The van der Waals surface area contributed by atoms with Crippen molar-refractivity contribution in [3.63, 3.8) is 0 Å². The zero-order valence-electron chi connectivity index (χ0n) is 6.59. The Labute approximate surface area is 76.9 Å². The summed E-state index contributed by atoms with van der Waals surface area (Å²) in [6.07, 6.45) is -1.68. The molecule has 0 radical (unpaired) electrons. The molecule has 0 amide bonds. The summed E-state index contributed by atoms with van der Waals surface area (Å²) in [4.78, 5) is 6.87. The first-order valence-electron chi connectivity index (χ1n) is 3.23. The Bertz CT molecular complexity index is 289. The Kier molecular flexibility index (Phi) is 2.97. The molecule has 0 aliphatic heterocycles. The van der Waals surface area contributed by atoms with Gasteiger partial charge >= 0.3 is 6.18 Å². The van der Waals surface area contributed by atoms with Crippen molar-refractivity contribution in [1.82, 2.24) is 9.97 Å². The summed E-state index contributed by atoms with van der Waals surface area (Å²) in [6, 6.07) is 0.825. The molecule has 7 heteroatoms. The number of nitrogens with zero attached hydrogens (tertiary/aromatic N) is 2. The quantitative estimate of drug-likeness (QED) is 0.757. The highest BCUT2D eigenvalue weighted by molar-refractivity contribution is 7.99. The van der Waals surface area contributed by atoms with Crippen LogP contribution < -0.4 is 4.72 Å². The fraction of sp³-hybridized carbons (Fsp3) is 0.333. The number of alkyl halides is 3. The Morgan fingerprint density at radius 1 is 1.46 bits per heavy atom. The van der Waals surface area contributed by atoms with Gasteiger partial charge in [-0.2, -0.15) is 13.2 Å². The van der Waals surface area contributed by atoms with Crippen molar-refractivity contribution in [2.45, 2.75) is 6.18 Å². The van der Waals surface area contributed by atoms with Crippen LogP contribution in [0.2, 0.25) is 0 Å². The van der Waals surface area contributed by atoms with Gasteiger partial charge in [0.05, 0.1) is 0 Å². The highest BCUT2D eigenvalue weighted by Crippen LogP contribution is 2.27. The lowest BCUT2D eigenvalue weighted by molar-refractivity contribution is -0.141. The molecule has 1 rings (SSSR count). The van der Waals surface area contributed by atoms with Crippen molar-refractivity contribution in [3.8, 4) is 0 Å². The maximum atomic E-state index is 12.1. The molecule has 0 unspecified atom stereocenters. The van der Waals surface area contributed by atoms with E-state index in [4.69, 9.17) is 0 Å². The lowest BCUT2D eigenvalue weighted by Crippen LogP contribution is -2.09. The second-order valence-corrected chi connectivity index (χ2v) is 2.68. The van der Waals surface area contributed by atoms with E-state index in [1.165, 1.54) is 0 Å². The number of hydrogen-bond donors (Lipinski definition) is 1. The van der Waals surface area contributed by atoms with E-state index in [0.717, 1.165) is 24.2 Å². The average Bonchev–Trinajstić information content (AvgIpc) is 2.04. The lowest BCUT2D eigenvalue weighted by Gasteiger charge is -2.06. The van der Waals surface area contributed by atoms with Crippen LogP contribution in [0.5, 0.6) is 0 Å². The molecule has 72 valence electrons. The number of halogens is 3. The average molecular weight is 209 g/mol. The van der Waals surface area contributed by atoms with Crippen LogP contribution in [0.15, 0.2) is 12.3 Å². The minimum Gasteiger partial charge on any atom is -0.298 e. The minimum absolute atomic E-state index is 0.0395. The molecule has 0 bridgehead atoms. The zero-order chi connectivity index (χ0) is 9.90. The number of anilines is 1. The predicted octanol–water partition coefficient (Wildman–Crippen LogP) is 2.19. The highest BCUT2D eigenvalue weighted by Gasteiger charge is 2.32. The third-order valence-corrected chi connectivity index (χ3v) is 1.53. The van der Waals surface area contributed by atoms with Crippen molar-refractivity contribution < 1.29 is 13.2 Å². The largest absolute Gasteiger partial charge is 0.433 e. The summed E-state index contributed by atoms with van der Waals surface area (Å²) in [5.74, 6) is -0.0395. The molecule has 0 fully saturated rings. The molecule has 0 spiro atoms. The van der Waals surface area contributed by atoms with Gasteiger partial charge in [0.2, 0.25) is 5.95 Å². The molecule has 0 saturated carbocycles. The summed E-state index contributed by atoms with van der Waals surface area (Å²) in [6.45, 7) is 0. The fourth-order valence-corrected chi connectivity index (χ4v) is 0.938. The maximum Gasteiger partial charge on any atom is 0.433 e. The monoisotopic (exact) mass is 209 g/mol. The SMILES string of the molecule is CSNc1nccc(C(F)(F)F)n1. The van der Waals surface area contributed by atoms with E-state index < -0.39 is 11.9 Å². The van der Waals surface area contributed by atoms with Crippen molar-refractivity contribution in [3.05, 3.63) is 18.0 Å². The smallest absolute Gasteiger partial charge is 0.298 e. The molecule has 1 aromatic heterocycles. The number of nitrogens with one attached hydrogen (secondary N) is 1. The van der Waals surface area contributed by atoms with Crippen LogP contribution in [0, 0.1) is 0 Å². The van der Waals surface area contributed by atoms with E-state index in [1.54, 1.807) is 6.26 Å². The van der Waals surface area contributed by atoms with E-state index in [-0.39, 0.29) is 5.95 Å². The van der Waals surface area contributed by atoms with Gasteiger partial charge in [0.1, 0.15) is 5.69 Å². The second kappa shape index (κ2) is 3.82. The fourth-order valence-electron chi connectivity index (χ4n) is 0.657. The molecule has 0 aromatic carbocycles. The molecule has 0 atom stereocenters. The first-order valence-corrected chi connectivity index (χ1v) is 4.46. The van der Waals surface area contributed by atoms with Crippen molar-refractivity contribution in [2.24, 2.45) is 0 Å². The molecule has 1 N–H and O–H groups in total. The van der Waals surface area contributed by atoms with E-state index in [2.05, 4.69) is 14.7 Å². The first kappa shape index (κ1) is 10.1. The molecule has 1 heterocycles. The minimum atomic E-state index is -4.42. The molecule has 0 saturated heterocycles. The van der Waals surface area contributed by atoms with Gasteiger partial charge in [-0.3, -0.25) is 4.72 Å². The zero-order valence-corrected chi connectivity index (χ0v) is 7.41. The van der Waals surface area contributed by atoms with Crippen LogP contribution in [0.4, 0.5) is 19.1 Å². The van der Waals surface area contributed by atoms with E-state index in [0.29, 0.717) is 0 Å². The van der Waals surface area contributed by atoms with E-state index >= 15 is 0 Å². The highest BCUT2D eigenvalue weighted by atomic mass is 32.2. The molecule has 1 aromatic rings. The van der Waals surface area contributed by atoms with Crippen molar-refractivity contribution in [1.29, 1.82) is 0 Å². The molecule has 0 aliphatic carbocycles. The summed E-state index contributed by atoms with van der Waals surface area (Å²) < 4.78 is 38.8. The molecular weight excluding hydrogens is 203 g/mol. The van der Waals surface area contributed by atoms with Gasteiger partial charge in [-0.1, -0.05) is 11.9 Å². The third kappa shape index (κ3) is 2.76. The molecular formula is C6H6F3N3S. The standard InChI is InChI=1S/C6H6F3N3S/c1-13-12-5-10-3-2-4(11-5)6(7,8)9/h2-3H,1H3,(H,10,11,12). The van der Waals surface area contributed by atoms with Gasteiger partial charge in [0.25, 0.3) is 0 Å². The van der Waals surface area contributed by atoms with Gasteiger partial charge in [0.15, 0.2) is 0 Å². The van der Waals surface area contributed by atoms with Gasteiger partial charge in [0, 0.05) is 12.5 Å². The van der Waals surface area contributed by atoms with Gasteiger partial charge in [-0.15, -0.1) is 0 Å². The van der Waals surface area contributed by atoms with Crippen LogP contribution in [0.3, 0.4) is 0 Å². The van der Waals surface area contributed by atoms with Crippen molar-refractivity contribution >= 4 is 17.9 Å². The third-order valence-electron chi connectivity index (χ3n) is 1.14. The number of rotatable bonds is 2. The molecule has 0 aliphatic rings. The first-order chi connectivity index (χ1) is 6.04. The maximum absolute atomic E-state index is 12.1.